The molecule has 0 fully saturated rings. The van der Waals surface area contributed by atoms with Gasteiger partial charge in [-0.3, -0.25) is 0 Å². The summed E-state index contributed by atoms with van der Waals surface area (Å²) in [4.78, 5) is 0. The van der Waals surface area contributed by atoms with E-state index in [9.17, 15) is 4.39 Å². The average molecular weight is 298 g/mol. The van der Waals surface area contributed by atoms with E-state index in [2.05, 4.69) is 26.6 Å². The molecular formula is C16H27FO2Si. The molecule has 1 aromatic rings. The molecule has 1 rings (SSSR count). The molecule has 0 bridgehead atoms. The molecule has 0 aliphatic carbocycles. The molecule has 0 saturated heterocycles. The van der Waals surface area contributed by atoms with Crippen molar-refractivity contribution in [2.45, 2.75) is 53.3 Å². The normalized spacial score (nSPS) is 11.6. The van der Waals surface area contributed by atoms with Crippen molar-refractivity contribution in [1.82, 2.24) is 0 Å². The Bertz CT molecular complexity index is 453. The summed E-state index contributed by atoms with van der Waals surface area (Å²) in [6.07, 6.45) is 2.05. The molecule has 2 nitrogen and oxygen atoms in total. The number of hydrogen-bond acceptors (Lipinski definition) is 2. The van der Waals surface area contributed by atoms with Gasteiger partial charge in [0.15, 0.2) is 11.6 Å². The summed E-state index contributed by atoms with van der Waals surface area (Å²) in [6.45, 7) is 13.4. The monoisotopic (exact) mass is 298 g/mol. The number of rotatable bonds is 7. The van der Waals surface area contributed by atoms with E-state index in [1.165, 1.54) is 0 Å². The van der Waals surface area contributed by atoms with Crippen LogP contribution in [0.4, 0.5) is 4.39 Å². The van der Waals surface area contributed by atoms with Crippen LogP contribution < -0.4 is 14.7 Å². The molecule has 0 N–H and O–H groups in total. The summed E-state index contributed by atoms with van der Waals surface area (Å²) < 4.78 is 25.9. The highest BCUT2D eigenvalue weighted by Crippen LogP contribution is 2.29. The summed E-state index contributed by atoms with van der Waals surface area (Å²) in [6, 6.07) is 1.99. The maximum absolute atomic E-state index is 14.6. The van der Waals surface area contributed by atoms with E-state index in [1.807, 2.05) is 13.0 Å². The van der Waals surface area contributed by atoms with Gasteiger partial charge in [0.05, 0.1) is 21.3 Å². The van der Waals surface area contributed by atoms with Gasteiger partial charge in [-0.2, -0.15) is 0 Å². The van der Waals surface area contributed by atoms with Gasteiger partial charge in [-0.1, -0.05) is 33.0 Å². The van der Waals surface area contributed by atoms with Gasteiger partial charge in [0.1, 0.15) is 5.75 Å². The van der Waals surface area contributed by atoms with Crippen molar-refractivity contribution in [3.8, 4) is 11.5 Å². The van der Waals surface area contributed by atoms with Crippen LogP contribution in [0.5, 0.6) is 11.5 Å². The van der Waals surface area contributed by atoms with Gasteiger partial charge in [0.2, 0.25) is 0 Å². The molecule has 0 amide bonds. The van der Waals surface area contributed by atoms with E-state index in [4.69, 9.17) is 9.47 Å². The zero-order chi connectivity index (χ0) is 15.3. The second-order valence-corrected chi connectivity index (χ2v) is 11.1. The predicted octanol–water partition coefficient (Wildman–Crippen LogP) is 4.26. The fourth-order valence-electron chi connectivity index (χ4n) is 2.02. The first-order chi connectivity index (χ1) is 9.32. The molecule has 0 radical (unpaired) electrons. The van der Waals surface area contributed by atoms with Crippen LogP contribution in [0.25, 0.3) is 0 Å². The standard InChI is InChI=1S/C16H27FO2Si/c1-7-9-10-19-13-11-14(20(4,5)6)16(18-8-2)15(17)12(13)3/h11H,7-10H2,1-6H3. The number of halogens is 1. The largest absolute Gasteiger partial charge is 0.493 e. The average Bonchev–Trinajstić information content (AvgIpc) is 2.36. The van der Waals surface area contributed by atoms with Crippen LogP contribution >= 0.6 is 0 Å². The van der Waals surface area contributed by atoms with Crippen LogP contribution in [-0.2, 0) is 0 Å². The van der Waals surface area contributed by atoms with Crippen molar-refractivity contribution in [3.05, 3.63) is 17.4 Å². The Morgan fingerprint density at radius 1 is 1.15 bits per heavy atom. The lowest BCUT2D eigenvalue weighted by Gasteiger charge is -2.24. The highest BCUT2D eigenvalue weighted by molar-refractivity contribution is 6.89. The zero-order valence-corrected chi connectivity index (χ0v) is 14.6. The van der Waals surface area contributed by atoms with E-state index < -0.39 is 8.07 Å². The third kappa shape index (κ3) is 3.98. The molecule has 0 aromatic heterocycles. The molecule has 114 valence electrons. The zero-order valence-electron chi connectivity index (χ0n) is 13.6. The molecule has 0 unspecified atom stereocenters. The highest BCUT2D eigenvalue weighted by Gasteiger charge is 2.27. The van der Waals surface area contributed by atoms with Gasteiger partial charge in [0, 0.05) is 5.56 Å². The highest BCUT2D eigenvalue weighted by atomic mass is 28.3. The van der Waals surface area contributed by atoms with Crippen LogP contribution in [-0.4, -0.2) is 21.3 Å². The topological polar surface area (TPSA) is 18.5 Å². The second-order valence-electron chi connectivity index (χ2n) is 6.08. The molecule has 0 saturated carbocycles. The Labute approximate surface area is 123 Å². The minimum atomic E-state index is -1.69. The summed E-state index contributed by atoms with van der Waals surface area (Å²) >= 11 is 0. The minimum Gasteiger partial charge on any atom is -0.493 e. The van der Waals surface area contributed by atoms with Gasteiger partial charge in [-0.15, -0.1) is 0 Å². The Kier molecular flexibility index (Phi) is 6.05. The molecule has 0 spiro atoms. The first-order valence-electron chi connectivity index (χ1n) is 7.42. The first kappa shape index (κ1) is 17.0. The summed E-state index contributed by atoms with van der Waals surface area (Å²) in [5, 5.41) is 0.994. The first-order valence-corrected chi connectivity index (χ1v) is 10.9. The van der Waals surface area contributed by atoms with Gasteiger partial charge in [-0.25, -0.2) is 4.39 Å². The van der Waals surface area contributed by atoms with E-state index in [0.29, 0.717) is 30.3 Å². The maximum atomic E-state index is 14.6. The van der Waals surface area contributed by atoms with Crippen molar-refractivity contribution in [2.75, 3.05) is 13.2 Å². The Morgan fingerprint density at radius 2 is 1.80 bits per heavy atom. The molecular weight excluding hydrogens is 271 g/mol. The van der Waals surface area contributed by atoms with Crippen molar-refractivity contribution in [1.29, 1.82) is 0 Å². The SMILES string of the molecule is CCCCOc1cc([Si](C)(C)C)c(OCC)c(F)c1C. The predicted molar refractivity (Wildman–Crippen MR) is 85.7 cm³/mol. The fraction of sp³-hybridized carbons (Fsp3) is 0.625. The van der Waals surface area contributed by atoms with E-state index in [1.54, 1.807) is 6.92 Å². The van der Waals surface area contributed by atoms with Crippen molar-refractivity contribution >= 4 is 13.3 Å². The van der Waals surface area contributed by atoms with Crippen LogP contribution in [0.3, 0.4) is 0 Å². The van der Waals surface area contributed by atoms with E-state index in [-0.39, 0.29) is 5.82 Å². The number of hydrogen-bond donors (Lipinski definition) is 0. The van der Waals surface area contributed by atoms with E-state index >= 15 is 0 Å². The molecule has 20 heavy (non-hydrogen) atoms. The quantitative estimate of drug-likeness (QED) is 0.553. The molecule has 4 heteroatoms. The van der Waals surface area contributed by atoms with Crippen molar-refractivity contribution < 1.29 is 13.9 Å². The van der Waals surface area contributed by atoms with Crippen LogP contribution in [0.1, 0.15) is 32.3 Å². The van der Waals surface area contributed by atoms with Crippen molar-refractivity contribution in [2.24, 2.45) is 0 Å². The van der Waals surface area contributed by atoms with Crippen LogP contribution in [0.15, 0.2) is 6.07 Å². The molecule has 0 aliphatic rings. The molecule has 0 heterocycles. The lowest BCUT2D eigenvalue weighted by Crippen LogP contribution is -2.39. The second kappa shape index (κ2) is 7.11. The third-order valence-corrected chi connectivity index (χ3v) is 5.26. The van der Waals surface area contributed by atoms with Crippen LogP contribution in [0.2, 0.25) is 19.6 Å². The molecule has 0 aliphatic heterocycles. The Balaban J connectivity index is 3.25. The van der Waals surface area contributed by atoms with Gasteiger partial charge < -0.3 is 9.47 Å². The summed E-state index contributed by atoms with van der Waals surface area (Å²) in [7, 11) is -1.69. The Hall–Kier alpha value is -1.03. The smallest absolute Gasteiger partial charge is 0.171 e. The van der Waals surface area contributed by atoms with Gasteiger partial charge in [0.25, 0.3) is 0 Å². The summed E-state index contributed by atoms with van der Waals surface area (Å²) in [5.74, 6) is 0.821. The minimum absolute atomic E-state index is 0.265. The lowest BCUT2D eigenvalue weighted by atomic mass is 10.2. The number of ether oxygens (including phenoxy) is 2. The Morgan fingerprint density at radius 3 is 2.30 bits per heavy atom. The molecule has 0 atom stereocenters. The number of benzene rings is 1. The van der Waals surface area contributed by atoms with Gasteiger partial charge >= 0.3 is 0 Å². The fourth-order valence-corrected chi connectivity index (χ4v) is 3.45. The maximum Gasteiger partial charge on any atom is 0.171 e. The van der Waals surface area contributed by atoms with E-state index in [0.717, 1.165) is 18.0 Å². The van der Waals surface area contributed by atoms with Crippen LogP contribution in [0, 0.1) is 12.7 Å². The van der Waals surface area contributed by atoms with Gasteiger partial charge in [-0.05, 0) is 31.5 Å². The third-order valence-electron chi connectivity index (χ3n) is 3.27. The van der Waals surface area contributed by atoms with Crippen molar-refractivity contribution in [3.63, 3.8) is 0 Å². The summed E-state index contributed by atoms with van der Waals surface area (Å²) in [5.41, 5.74) is 0.548. The lowest BCUT2D eigenvalue weighted by molar-refractivity contribution is 0.298. The number of unbranched alkanes of at least 4 members (excludes halogenated alkanes) is 1. The molecule has 1 aromatic carbocycles.